The van der Waals surface area contributed by atoms with Gasteiger partial charge in [0, 0.05) is 25.7 Å². The summed E-state index contributed by atoms with van der Waals surface area (Å²) in [6.45, 7) is 3.69. The van der Waals surface area contributed by atoms with Crippen molar-refractivity contribution in [3.05, 3.63) is 23.3 Å². The quantitative estimate of drug-likeness (QED) is 0.836. The number of hydrogen-bond acceptors (Lipinski definition) is 4. The first-order valence-electron chi connectivity index (χ1n) is 5.51. The minimum atomic E-state index is -3.58. The second kappa shape index (κ2) is 5.38. The molecule has 0 radical (unpaired) electrons. The molecule has 0 bridgehead atoms. The maximum atomic E-state index is 12.3. The molecule has 0 aromatic heterocycles. The molecule has 1 rings (SSSR count). The van der Waals surface area contributed by atoms with Crippen LogP contribution in [0.3, 0.4) is 0 Å². The van der Waals surface area contributed by atoms with Gasteiger partial charge >= 0.3 is 0 Å². The van der Waals surface area contributed by atoms with E-state index in [-0.39, 0.29) is 17.9 Å². The summed E-state index contributed by atoms with van der Waals surface area (Å²) in [7, 11) is -2.12. The number of nitrogens with two attached hydrogens (primary N) is 1. The van der Waals surface area contributed by atoms with Crippen LogP contribution >= 0.6 is 0 Å². The Bertz CT molecular complexity index is 588. The Balaban J connectivity index is 3.22. The Morgan fingerprint density at radius 1 is 1.39 bits per heavy atom. The van der Waals surface area contributed by atoms with Gasteiger partial charge in [0.05, 0.1) is 11.0 Å². The number of hydrogen-bond donors (Lipinski definition) is 1. The molecule has 0 aliphatic heterocycles. The summed E-state index contributed by atoms with van der Waals surface area (Å²) in [5.74, 6) is 0. The molecule has 98 valence electrons. The lowest BCUT2D eigenvalue weighted by Gasteiger charge is -2.18. The number of aryl methyl sites for hydroxylation is 1. The van der Waals surface area contributed by atoms with Gasteiger partial charge < -0.3 is 5.73 Å². The number of anilines is 1. The van der Waals surface area contributed by atoms with Crippen LogP contribution in [0, 0.1) is 25.2 Å². The molecular weight excluding hydrogens is 250 g/mol. The second-order valence-corrected chi connectivity index (χ2v) is 6.17. The number of nitriles is 1. The van der Waals surface area contributed by atoms with Gasteiger partial charge in [-0.15, -0.1) is 0 Å². The Morgan fingerprint density at radius 3 is 2.56 bits per heavy atom. The molecule has 0 amide bonds. The fourth-order valence-corrected chi connectivity index (χ4v) is 3.02. The van der Waals surface area contributed by atoms with E-state index in [1.807, 2.05) is 13.0 Å². The van der Waals surface area contributed by atoms with Crippen molar-refractivity contribution >= 4 is 15.7 Å². The lowest BCUT2D eigenvalue weighted by molar-refractivity contribution is 0.476. The fourth-order valence-electron chi connectivity index (χ4n) is 1.62. The Morgan fingerprint density at radius 2 is 2.00 bits per heavy atom. The zero-order valence-corrected chi connectivity index (χ0v) is 11.6. The molecular formula is C12H17N3O2S. The average molecular weight is 267 g/mol. The molecule has 0 heterocycles. The van der Waals surface area contributed by atoms with Crippen LogP contribution in [-0.2, 0) is 10.0 Å². The van der Waals surface area contributed by atoms with Gasteiger partial charge in [-0.25, -0.2) is 8.42 Å². The zero-order chi connectivity index (χ0) is 13.9. The predicted molar refractivity (Wildman–Crippen MR) is 70.4 cm³/mol. The lowest BCUT2D eigenvalue weighted by Crippen LogP contribution is -2.28. The highest BCUT2D eigenvalue weighted by atomic mass is 32.2. The van der Waals surface area contributed by atoms with Crippen molar-refractivity contribution in [3.63, 3.8) is 0 Å². The second-order valence-electron chi connectivity index (χ2n) is 4.15. The van der Waals surface area contributed by atoms with Crippen LogP contribution in [0.25, 0.3) is 0 Å². The maximum Gasteiger partial charge on any atom is 0.243 e. The third-order valence-corrected chi connectivity index (χ3v) is 4.91. The lowest BCUT2D eigenvalue weighted by atomic mass is 10.1. The minimum absolute atomic E-state index is 0.163. The van der Waals surface area contributed by atoms with Gasteiger partial charge in [-0.3, -0.25) is 0 Å². The van der Waals surface area contributed by atoms with E-state index >= 15 is 0 Å². The van der Waals surface area contributed by atoms with Crippen LogP contribution in [0.2, 0.25) is 0 Å². The van der Waals surface area contributed by atoms with Crippen molar-refractivity contribution in [2.24, 2.45) is 0 Å². The molecule has 0 atom stereocenters. The highest BCUT2D eigenvalue weighted by Gasteiger charge is 2.23. The molecule has 5 nitrogen and oxygen atoms in total. The van der Waals surface area contributed by atoms with Crippen molar-refractivity contribution in [1.29, 1.82) is 5.26 Å². The van der Waals surface area contributed by atoms with Crippen molar-refractivity contribution in [3.8, 4) is 6.07 Å². The van der Waals surface area contributed by atoms with Crippen LogP contribution in [-0.4, -0.2) is 26.3 Å². The third-order valence-electron chi connectivity index (χ3n) is 2.91. The smallest absolute Gasteiger partial charge is 0.243 e. The summed E-state index contributed by atoms with van der Waals surface area (Å²) in [5, 5.41) is 8.50. The van der Waals surface area contributed by atoms with E-state index < -0.39 is 10.0 Å². The number of benzene rings is 1. The summed E-state index contributed by atoms with van der Waals surface area (Å²) >= 11 is 0. The highest BCUT2D eigenvalue weighted by molar-refractivity contribution is 7.89. The van der Waals surface area contributed by atoms with Gasteiger partial charge in [-0.05, 0) is 31.0 Å². The van der Waals surface area contributed by atoms with Gasteiger partial charge in [0.25, 0.3) is 0 Å². The summed E-state index contributed by atoms with van der Waals surface area (Å²) in [5.41, 5.74) is 7.74. The summed E-state index contributed by atoms with van der Waals surface area (Å²) in [6.07, 6.45) is 0.163. The molecule has 0 aliphatic rings. The topological polar surface area (TPSA) is 87.2 Å². The van der Waals surface area contributed by atoms with E-state index in [0.29, 0.717) is 11.3 Å². The van der Waals surface area contributed by atoms with E-state index in [9.17, 15) is 8.42 Å². The predicted octanol–water partition coefficient (Wildman–Crippen LogP) is 1.42. The molecule has 0 spiro atoms. The van der Waals surface area contributed by atoms with Gasteiger partial charge in [-0.1, -0.05) is 6.07 Å². The first-order chi connectivity index (χ1) is 8.32. The molecule has 0 fully saturated rings. The van der Waals surface area contributed by atoms with Crippen molar-refractivity contribution in [1.82, 2.24) is 4.31 Å². The standard InChI is InChI=1S/C12H17N3O2S/c1-9-5-6-11(10(2)12(9)14)18(16,17)15(3)8-4-7-13/h5-6H,4,8,14H2,1-3H3. The summed E-state index contributed by atoms with van der Waals surface area (Å²) in [4.78, 5) is 0.200. The van der Waals surface area contributed by atoms with E-state index in [2.05, 4.69) is 0 Å². The number of sulfonamides is 1. The molecule has 18 heavy (non-hydrogen) atoms. The SMILES string of the molecule is Cc1ccc(S(=O)(=O)N(C)CCC#N)c(C)c1N. The normalized spacial score (nSPS) is 11.5. The first kappa shape index (κ1) is 14.5. The summed E-state index contributed by atoms with van der Waals surface area (Å²) in [6, 6.07) is 5.17. The molecule has 0 aliphatic carbocycles. The largest absolute Gasteiger partial charge is 0.398 e. The van der Waals surface area contributed by atoms with E-state index in [1.54, 1.807) is 19.1 Å². The number of rotatable bonds is 4. The summed E-state index contributed by atoms with van der Waals surface area (Å²) < 4.78 is 25.7. The van der Waals surface area contributed by atoms with Gasteiger partial charge in [0.15, 0.2) is 0 Å². The molecule has 1 aromatic carbocycles. The van der Waals surface area contributed by atoms with Crippen molar-refractivity contribution in [2.45, 2.75) is 25.2 Å². The van der Waals surface area contributed by atoms with E-state index in [0.717, 1.165) is 5.56 Å². The van der Waals surface area contributed by atoms with Gasteiger partial charge in [-0.2, -0.15) is 9.57 Å². The molecule has 1 aromatic rings. The third kappa shape index (κ3) is 2.63. The number of nitrogen functional groups attached to an aromatic ring is 1. The fraction of sp³-hybridized carbons (Fsp3) is 0.417. The Labute approximate surface area is 108 Å². The molecule has 2 N–H and O–H groups in total. The Kier molecular flexibility index (Phi) is 4.33. The molecule has 0 saturated heterocycles. The Hall–Kier alpha value is -1.58. The highest BCUT2D eigenvalue weighted by Crippen LogP contribution is 2.26. The average Bonchev–Trinajstić information content (AvgIpc) is 2.32. The zero-order valence-electron chi connectivity index (χ0n) is 10.8. The van der Waals surface area contributed by atoms with Crippen LogP contribution in [0.4, 0.5) is 5.69 Å². The first-order valence-corrected chi connectivity index (χ1v) is 6.95. The van der Waals surface area contributed by atoms with E-state index in [4.69, 9.17) is 11.0 Å². The van der Waals surface area contributed by atoms with Gasteiger partial charge in [0.1, 0.15) is 0 Å². The molecule has 6 heteroatoms. The van der Waals surface area contributed by atoms with Crippen molar-refractivity contribution < 1.29 is 8.42 Å². The van der Waals surface area contributed by atoms with Crippen LogP contribution in [0.5, 0.6) is 0 Å². The molecule has 0 unspecified atom stereocenters. The molecule has 0 saturated carbocycles. The monoisotopic (exact) mass is 267 g/mol. The van der Waals surface area contributed by atoms with Crippen LogP contribution in [0.1, 0.15) is 17.5 Å². The van der Waals surface area contributed by atoms with E-state index in [1.165, 1.54) is 11.4 Å². The van der Waals surface area contributed by atoms with Crippen molar-refractivity contribution in [2.75, 3.05) is 19.3 Å². The van der Waals surface area contributed by atoms with Crippen LogP contribution < -0.4 is 5.73 Å². The number of nitrogens with zero attached hydrogens (tertiary/aromatic N) is 2. The maximum absolute atomic E-state index is 12.3. The van der Waals surface area contributed by atoms with Gasteiger partial charge in [0.2, 0.25) is 10.0 Å². The van der Waals surface area contributed by atoms with Crippen LogP contribution in [0.15, 0.2) is 17.0 Å². The minimum Gasteiger partial charge on any atom is -0.398 e.